The van der Waals surface area contributed by atoms with Crippen molar-refractivity contribution >= 4 is 47.0 Å². The highest BCUT2D eigenvalue weighted by atomic mass is 35.5. The van der Waals surface area contributed by atoms with Gasteiger partial charge in [-0.2, -0.15) is 4.68 Å². The molecule has 1 aliphatic rings. The van der Waals surface area contributed by atoms with Crippen molar-refractivity contribution in [1.82, 2.24) is 35.5 Å². The van der Waals surface area contributed by atoms with Gasteiger partial charge in [0, 0.05) is 40.1 Å². The fourth-order valence-electron chi connectivity index (χ4n) is 4.92. The normalized spacial score (nSPS) is 14.8. The van der Waals surface area contributed by atoms with Gasteiger partial charge in [-0.1, -0.05) is 24.4 Å². The van der Waals surface area contributed by atoms with Gasteiger partial charge in [0.05, 0.1) is 25.4 Å². The van der Waals surface area contributed by atoms with E-state index in [1.54, 1.807) is 49.4 Å². The Morgan fingerprint density at radius 1 is 1.16 bits per heavy atom. The van der Waals surface area contributed by atoms with Crippen molar-refractivity contribution in [2.75, 3.05) is 30.9 Å². The number of hydrogen-bond donors (Lipinski definition) is 4. The van der Waals surface area contributed by atoms with E-state index in [4.69, 9.17) is 26.1 Å². The zero-order valence-electron chi connectivity index (χ0n) is 24.7. The molecule has 4 aromatic rings. The van der Waals surface area contributed by atoms with E-state index in [9.17, 15) is 14.4 Å². The molecule has 0 unspecified atom stereocenters. The molecule has 2 bridgehead atoms. The molecular formula is C30H32ClN9O5. The Kier molecular flexibility index (Phi) is 10.0. The third-order valence-corrected chi connectivity index (χ3v) is 7.27. The number of fused-ring (bicyclic) bond motifs is 4. The Morgan fingerprint density at radius 2 is 2.02 bits per heavy atom. The molecule has 234 valence electrons. The summed E-state index contributed by atoms with van der Waals surface area (Å²) in [5.74, 6) is -0.536. The number of anilines is 2. The molecule has 2 amide bonds. The molecule has 2 aromatic heterocycles. The number of halogens is 1. The molecule has 0 saturated carbocycles. The van der Waals surface area contributed by atoms with Crippen molar-refractivity contribution in [1.29, 1.82) is 0 Å². The fourth-order valence-corrected chi connectivity index (χ4v) is 5.10. The van der Waals surface area contributed by atoms with E-state index in [1.165, 1.54) is 24.2 Å². The molecule has 0 fully saturated rings. The molecule has 3 heterocycles. The number of tetrazole rings is 1. The Bertz CT molecular complexity index is 1700. The van der Waals surface area contributed by atoms with Crippen LogP contribution in [0.15, 0.2) is 48.8 Å². The first kappa shape index (κ1) is 31.2. The van der Waals surface area contributed by atoms with Gasteiger partial charge < -0.3 is 25.1 Å². The van der Waals surface area contributed by atoms with Gasteiger partial charge in [-0.3, -0.25) is 10.1 Å². The molecule has 15 heteroatoms. The molecule has 4 N–H and O–H groups in total. The number of H-pyrrole nitrogens is 1. The number of ether oxygens (including phenoxy) is 2. The summed E-state index contributed by atoms with van der Waals surface area (Å²) in [5, 5.41) is 20.9. The monoisotopic (exact) mass is 633 g/mol. The van der Waals surface area contributed by atoms with E-state index in [1.807, 2.05) is 0 Å². The number of amides is 2. The van der Waals surface area contributed by atoms with Crippen LogP contribution in [-0.2, 0) is 14.3 Å². The van der Waals surface area contributed by atoms with Crippen LogP contribution in [0.5, 0.6) is 0 Å². The average molecular weight is 634 g/mol. The SMILES string of the molecule is CCOC(=O)c1[nH]c2nc1-c1ccc(NC(=O)OC)cc1NCCCCC[C@@H]2NC(=O)/C=C/c1cc(Cl)ccc1-n1cnnn1. The molecule has 1 aliphatic heterocycles. The number of imidazole rings is 1. The van der Waals surface area contributed by atoms with E-state index in [0.29, 0.717) is 57.7 Å². The fraction of sp³-hybridized carbons (Fsp3) is 0.300. The molecule has 45 heavy (non-hydrogen) atoms. The first-order chi connectivity index (χ1) is 21.9. The van der Waals surface area contributed by atoms with Crippen molar-refractivity contribution in [3.05, 3.63) is 70.9 Å². The van der Waals surface area contributed by atoms with Gasteiger partial charge in [-0.05, 0) is 72.7 Å². The van der Waals surface area contributed by atoms with Gasteiger partial charge in [0.2, 0.25) is 5.91 Å². The quantitative estimate of drug-likeness (QED) is 0.161. The predicted molar refractivity (Wildman–Crippen MR) is 167 cm³/mol. The molecule has 0 aliphatic carbocycles. The zero-order valence-corrected chi connectivity index (χ0v) is 25.4. The molecular weight excluding hydrogens is 602 g/mol. The van der Waals surface area contributed by atoms with Gasteiger partial charge in [0.15, 0.2) is 5.69 Å². The molecule has 14 nitrogen and oxygen atoms in total. The van der Waals surface area contributed by atoms with Crippen LogP contribution in [0.3, 0.4) is 0 Å². The van der Waals surface area contributed by atoms with Crippen LogP contribution in [0, 0.1) is 0 Å². The summed E-state index contributed by atoms with van der Waals surface area (Å²) in [7, 11) is 1.29. The number of aromatic nitrogens is 6. The van der Waals surface area contributed by atoms with Crippen molar-refractivity contribution < 1.29 is 23.9 Å². The number of hydrogen-bond acceptors (Lipinski definition) is 10. The summed E-state index contributed by atoms with van der Waals surface area (Å²) in [5.41, 5.74) is 3.59. The van der Waals surface area contributed by atoms with E-state index < -0.39 is 18.1 Å². The van der Waals surface area contributed by atoms with Crippen molar-refractivity contribution in [2.24, 2.45) is 0 Å². The number of aromatic amines is 1. The van der Waals surface area contributed by atoms with Crippen LogP contribution in [0.25, 0.3) is 23.0 Å². The predicted octanol–water partition coefficient (Wildman–Crippen LogP) is 4.92. The summed E-state index contributed by atoms with van der Waals surface area (Å²) in [6.07, 6.45) is 6.98. The Balaban J connectivity index is 1.48. The van der Waals surface area contributed by atoms with E-state index in [2.05, 4.69) is 36.5 Å². The molecule has 2 aromatic carbocycles. The minimum atomic E-state index is -0.605. The number of rotatable bonds is 7. The molecule has 0 radical (unpaired) electrons. The Morgan fingerprint density at radius 3 is 2.80 bits per heavy atom. The highest BCUT2D eigenvalue weighted by molar-refractivity contribution is 6.30. The second-order valence-corrected chi connectivity index (χ2v) is 10.5. The van der Waals surface area contributed by atoms with Crippen LogP contribution >= 0.6 is 11.6 Å². The standard InChI is InChI=1S/C30H32ClN9O5/c1-3-45-29(42)27-26-21-11-10-20(34-30(43)44-2)16-23(21)32-14-6-4-5-7-22(28(36-26)37-27)35-25(41)13-8-18-15-19(31)9-12-24(18)40-17-33-38-39-40/h8-13,15-17,22,32H,3-7,14H2,1-2H3,(H,34,43)(H,35,41)(H,36,37)/b13-8+/t22-/m0/s1. The lowest BCUT2D eigenvalue weighted by molar-refractivity contribution is -0.117. The average Bonchev–Trinajstić information content (AvgIpc) is 3.72. The largest absolute Gasteiger partial charge is 0.461 e. The van der Waals surface area contributed by atoms with E-state index >= 15 is 0 Å². The van der Waals surface area contributed by atoms with Crippen LogP contribution in [0.2, 0.25) is 5.02 Å². The minimum Gasteiger partial charge on any atom is -0.461 e. The number of benzene rings is 2. The second kappa shape index (κ2) is 14.5. The third kappa shape index (κ3) is 7.65. The number of carbonyl (C=O) groups excluding carboxylic acids is 3. The first-order valence-electron chi connectivity index (χ1n) is 14.4. The highest BCUT2D eigenvalue weighted by Gasteiger charge is 2.26. The topological polar surface area (TPSA) is 178 Å². The van der Waals surface area contributed by atoms with Crippen LogP contribution < -0.4 is 16.0 Å². The van der Waals surface area contributed by atoms with Crippen LogP contribution in [-0.4, -0.2) is 68.4 Å². The van der Waals surface area contributed by atoms with Crippen LogP contribution in [0.1, 0.15) is 60.5 Å². The number of nitrogens with zero attached hydrogens (tertiary/aromatic N) is 5. The molecule has 0 saturated heterocycles. The molecule has 5 rings (SSSR count). The number of methoxy groups -OCH3 is 1. The summed E-state index contributed by atoms with van der Waals surface area (Å²) >= 11 is 6.22. The van der Waals surface area contributed by atoms with Gasteiger partial charge in [-0.25, -0.2) is 14.6 Å². The maximum absolute atomic E-state index is 13.3. The highest BCUT2D eigenvalue weighted by Crippen LogP contribution is 2.34. The summed E-state index contributed by atoms with van der Waals surface area (Å²) in [6, 6.07) is 9.84. The van der Waals surface area contributed by atoms with Gasteiger partial charge in [-0.15, -0.1) is 5.10 Å². The Labute approximate surface area is 263 Å². The number of nitrogens with one attached hydrogen (secondary N) is 4. The summed E-state index contributed by atoms with van der Waals surface area (Å²) in [6.45, 7) is 2.53. The minimum absolute atomic E-state index is 0.155. The molecule has 1 atom stereocenters. The third-order valence-electron chi connectivity index (χ3n) is 7.04. The van der Waals surface area contributed by atoms with Gasteiger partial charge in [0.1, 0.15) is 17.8 Å². The smallest absolute Gasteiger partial charge is 0.411 e. The maximum atomic E-state index is 13.3. The molecule has 0 spiro atoms. The van der Waals surface area contributed by atoms with Crippen molar-refractivity contribution in [3.63, 3.8) is 0 Å². The van der Waals surface area contributed by atoms with Crippen molar-refractivity contribution in [3.8, 4) is 16.9 Å². The Hall–Kier alpha value is -5.24. The first-order valence-corrected chi connectivity index (χ1v) is 14.8. The van der Waals surface area contributed by atoms with E-state index in [0.717, 1.165) is 19.3 Å². The van der Waals surface area contributed by atoms with Crippen molar-refractivity contribution in [2.45, 2.75) is 38.6 Å². The number of carbonyl (C=O) groups is 3. The zero-order chi connectivity index (χ0) is 31.8. The lowest BCUT2D eigenvalue weighted by Gasteiger charge is -2.17. The lowest BCUT2D eigenvalue weighted by atomic mass is 10.0. The van der Waals surface area contributed by atoms with Gasteiger partial charge in [0.25, 0.3) is 0 Å². The number of esters is 1. The van der Waals surface area contributed by atoms with Crippen LogP contribution in [0.4, 0.5) is 16.2 Å². The summed E-state index contributed by atoms with van der Waals surface area (Å²) < 4.78 is 11.5. The summed E-state index contributed by atoms with van der Waals surface area (Å²) in [4.78, 5) is 46.1. The lowest BCUT2D eigenvalue weighted by Crippen LogP contribution is -2.28. The maximum Gasteiger partial charge on any atom is 0.411 e. The second-order valence-electron chi connectivity index (χ2n) is 10.1. The van der Waals surface area contributed by atoms with E-state index in [-0.39, 0.29) is 18.2 Å². The van der Waals surface area contributed by atoms with Gasteiger partial charge >= 0.3 is 12.1 Å².